The van der Waals surface area contributed by atoms with Crippen LogP contribution in [0.25, 0.3) is 0 Å². The van der Waals surface area contributed by atoms with E-state index in [1.54, 1.807) is 0 Å². The second kappa shape index (κ2) is 5.29. The minimum absolute atomic E-state index is 0.247. The number of benzene rings is 1. The lowest BCUT2D eigenvalue weighted by Gasteiger charge is -2.18. The van der Waals surface area contributed by atoms with Crippen molar-refractivity contribution in [3.63, 3.8) is 0 Å². The first kappa shape index (κ1) is 10.7. The van der Waals surface area contributed by atoms with E-state index in [1.807, 2.05) is 6.07 Å². The summed E-state index contributed by atoms with van der Waals surface area (Å²) in [7, 11) is 0. The minimum Gasteiger partial charge on any atom is -0.396 e. The summed E-state index contributed by atoms with van der Waals surface area (Å²) < 4.78 is 0. The lowest BCUT2D eigenvalue weighted by Crippen LogP contribution is -2.24. The average Bonchev–Trinajstić information content (AvgIpc) is 3.09. The zero-order valence-electron chi connectivity index (χ0n) is 9.02. The van der Waals surface area contributed by atoms with Gasteiger partial charge in [0.2, 0.25) is 0 Å². The average molecular weight is 205 g/mol. The van der Waals surface area contributed by atoms with Gasteiger partial charge in [0, 0.05) is 12.6 Å². The van der Waals surface area contributed by atoms with Crippen LogP contribution in [-0.4, -0.2) is 18.3 Å². The first-order valence-electron chi connectivity index (χ1n) is 5.79. The van der Waals surface area contributed by atoms with Gasteiger partial charge < -0.3 is 10.4 Å². The van der Waals surface area contributed by atoms with Crippen molar-refractivity contribution in [2.24, 2.45) is 5.92 Å². The van der Waals surface area contributed by atoms with Crippen molar-refractivity contribution in [2.45, 2.75) is 25.3 Å². The molecule has 2 heteroatoms. The van der Waals surface area contributed by atoms with Crippen LogP contribution in [-0.2, 0) is 0 Å². The van der Waals surface area contributed by atoms with E-state index >= 15 is 0 Å². The van der Waals surface area contributed by atoms with Gasteiger partial charge in [0.15, 0.2) is 0 Å². The van der Waals surface area contributed by atoms with Gasteiger partial charge in [-0.05, 0) is 37.3 Å². The molecule has 0 radical (unpaired) electrons. The smallest absolute Gasteiger partial charge is 0.0449 e. The Morgan fingerprint density at radius 1 is 1.27 bits per heavy atom. The summed E-state index contributed by atoms with van der Waals surface area (Å²) in [5, 5.41) is 12.6. The number of hydrogen-bond donors (Lipinski definition) is 2. The van der Waals surface area contributed by atoms with E-state index in [4.69, 9.17) is 5.11 Å². The van der Waals surface area contributed by atoms with Crippen LogP contribution in [0, 0.1) is 5.92 Å². The largest absolute Gasteiger partial charge is 0.396 e. The molecule has 82 valence electrons. The molecule has 0 bridgehead atoms. The summed E-state index contributed by atoms with van der Waals surface area (Å²) in [6.45, 7) is 1.34. The highest BCUT2D eigenvalue weighted by atomic mass is 16.3. The maximum atomic E-state index is 9.04. The summed E-state index contributed by atoms with van der Waals surface area (Å²) in [6.07, 6.45) is 3.54. The zero-order chi connectivity index (χ0) is 10.5. The second-order valence-electron chi connectivity index (χ2n) is 4.33. The molecule has 1 aromatic carbocycles. The summed E-state index contributed by atoms with van der Waals surface area (Å²) in [5.74, 6) is 0.884. The number of hydrogen-bond acceptors (Lipinski definition) is 2. The molecule has 2 nitrogen and oxygen atoms in total. The fraction of sp³-hybridized carbons (Fsp3) is 0.538. The molecule has 0 spiro atoms. The first-order chi connectivity index (χ1) is 7.40. The number of aliphatic hydroxyl groups excluding tert-OH is 1. The van der Waals surface area contributed by atoms with Crippen molar-refractivity contribution in [2.75, 3.05) is 13.2 Å². The lowest BCUT2D eigenvalue weighted by molar-refractivity contribution is 0.265. The van der Waals surface area contributed by atoms with E-state index in [2.05, 4.69) is 29.6 Å². The molecule has 1 unspecified atom stereocenters. The Morgan fingerprint density at radius 2 is 2.00 bits per heavy atom. The zero-order valence-corrected chi connectivity index (χ0v) is 9.02. The molecule has 2 N–H and O–H groups in total. The van der Waals surface area contributed by atoms with Crippen LogP contribution in [0.2, 0.25) is 0 Å². The van der Waals surface area contributed by atoms with E-state index in [0.29, 0.717) is 6.04 Å². The van der Waals surface area contributed by atoms with Crippen molar-refractivity contribution in [1.82, 2.24) is 5.32 Å². The Kier molecular flexibility index (Phi) is 3.75. The van der Waals surface area contributed by atoms with Gasteiger partial charge in [-0.2, -0.15) is 0 Å². The predicted octanol–water partition coefficient (Wildman–Crippen LogP) is 2.11. The highest BCUT2D eigenvalue weighted by Crippen LogP contribution is 2.29. The van der Waals surface area contributed by atoms with Crippen molar-refractivity contribution in [3.8, 4) is 0 Å². The van der Waals surface area contributed by atoms with E-state index in [0.717, 1.165) is 18.9 Å². The van der Waals surface area contributed by atoms with Crippen molar-refractivity contribution < 1.29 is 5.11 Å². The van der Waals surface area contributed by atoms with E-state index in [9.17, 15) is 0 Å². The van der Waals surface area contributed by atoms with E-state index in [-0.39, 0.29) is 6.61 Å². The van der Waals surface area contributed by atoms with Crippen LogP contribution in [0.3, 0.4) is 0 Å². The van der Waals surface area contributed by atoms with Crippen LogP contribution in [0.5, 0.6) is 0 Å². The molecule has 15 heavy (non-hydrogen) atoms. The van der Waals surface area contributed by atoms with Gasteiger partial charge >= 0.3 is 0 Å². The topological polar surface area (TPSA) is 32.3 Å². The number of nitrogens with one attached hydrogen (secondary N) is 1. The van der Waals surface area contributed by atoms with Gasteiger partial charge in [-0.25, -0.2) is 0 Å². The molecule has 1 saturated carbocycles. The Bertz CT molecular complexity index is 282. The predicted molar refractivity (Wildman–Crippen MR) is 61.6 cm³/mol. The monoisotopic (exact) mass is 205 g/mol. The molecule has 0 amide bonds. The van der Waals surface area contributed by atoms with Gasteiger partial charge in [-0.3, -0.25) is 0 Å². The van der Waals surface area contributed by atoms with Gasteiger partial charge in [-0.15, -0.1) is 0 Å². The molecular formula is C13H19NO. The molecule has 1 atom stereocenters. The third-order valence-corrected chi connectivity index (χ3v) is 2.97. The maximum absolute atomic E-state index is 9.04. The summed E-state index contributed by atoms with van der Waals surface area (Å²) in [5.41, 5.74) is 1.28. The van der Waals surface area contributed by atoms with E-state index < -0.39 is 0 Å². The molecule has 1 aliphatic rings. The SMILES string of the molecule is OCCC(NCC1CC1)c1ccccc1. The highest BCUT2D eigenvalue weighted by molar-refractivity contribution is 5.18. The van der Waals surface area contributed by atoms with Crippen LogP contribution < -0.4 is 5.32 Å². The third kappa shape index (κ3) is 3.33. The highest BCUT2D eigenvalue weighted by Gasteiger charge is 2.22. The summed E-state index contributed by atoms with van der Waals surface area (Å²) >= 11 is 0. The molecule has 0 saturated heterocycles. The van der Waals surface area contributed by atoms with E-state index in [1.165, 1.54) is 18.4 Å². The van der Waals surface area contributed by atoms with Crippen molar-refractivity contribution in [3.05, 3.63) is 35.9 Å². The molecule has 0 heterocycles. The molecule has 1 aliphatic carbocycles. The Hall–Kier alpha value is -0.860. The van der Waals surface area contributed by atoms with Gasteiger partial charge in [0.25, 0.3) is 0 Å². The molecule has 1 aromatic rings. The fourth-order valence-corrected chi connectivity index (χ4v) is 1.83. The van der Waals surface area contributed by atoms with Crippen molar-refractivity contribution >= 4 is 0 Å². The Morgan fingerprint density at radius 3 is 2.60 bits per heavy atom. The normalized spacial score (nSPS) is 17.7. The van der Waals surface area contributed by atoms with Crippen LogP contribution in [0.1, 0.15) is 30.9 Å². The summed E-state index contributed by atoms with van der Waals surface area (Å²) in [4.78, 5) is 0. The van der Waals surface area contributed by atoms with Crippen molar-refractivity contribution in [1.29, 1.82) is 0 Å². The Labute approximate surface area is 91.3 Å². The number of rotatable bonds is 6. The first-order valence-corrected chi connectivity index (χ1v) is 5.79. The minimum atomic E-state index is 0.247. The van der Waals surface area contributed by atoms with Crippen LogP contribution >= 0.6 is 0 Å². The van der Waals surface area contributed by atoms with Gasteiger partial charge in [0.05, 0.1) is 0 Å². The molecule has 0 aliphatic heterocycles. The Balaban J connectivity index is 1.91. The third-order valence-electron chi connectivity index (χ3n) is 2.97. The quantitative estimate of drug-likeness (QED) is 0.745. The summed E-state index contributed by atoms with van der Waals surface area (Å²) in [6, 6.07) is 10.7. The van der Waals surface area contributed by atoms with Gasteiger partial charge in [-0.1, -0.05) is 30.3 Å². The molecular weight excluding hydrogens is 186 g/mol. The number of aliphatic hydroxyl groups is 1. The van der Waals surface area contributed by atoms with Crippen LogP contribution in [0.15, 0.2) is 30.3 Å². The standard InChI is InChI=1S/C13H19NO/c15-9-8-13(14-10-11-6-7-11)12-4-2-1-3-5-12/h1-5,11,13-15H,6-10H2. The molecule has 2 rings (SSSR count). The second-order valence-corrected chi connectivity index (χ2v) is 4.33. The van der Waals surface area contributed by atoms with Crippen LogP contribution in [0.4, 0.5) is 0 Å². The molecule has 1 fully saturated rings. The molecule has 0 aromatic heterocycles. The van der Waals surface area contributed by atoms with Gasteiger partial charge in [0.1, 0.15) is 0 Å². The maximum Gasteiger partial charge on any atom is 0.0449 e. The fourth-order valence-electron chi connectivity index (χ4n) is 1.83. The lowest BCUT2D eigenvalue weighted by atomic mass is 10.0.